The lowest BCUT2D eigenvalue weighted by Gasteiger charge is -1.95. The summed E-state index contributed by atoms with van der Waals surface area (Å²) >= 11 is 0. The van der Waals surface area contributed by atoms with Crippen molar-refractivity contribution in [2.24, 2.45) is 0 Å². The van der Waals surface area contributed by atoms with Crippen LogP contribution in [0.1, 0.15) is 15.9 Å². The molecule has 7 heteroatoms. The number of nitro benzene ring substituents is 1. The second-order valence-electron chi connectivity index (χ2n) is 4.92. The lowest BCUT2D eigenvalue weighted by Crippen LogP contribution is -1.95. The number of carboxylic acid groups (broad SMARTS) is 1. The van der Waals surface area contributed by atoms with Crippen LogP contribution < -0.4 is 0 Å². The van der Waals surface area contributed by atoms with Crippen molar-refractivity contribution < 1.29 is 14.8 Å². The molecule has 7 nitrogen and oxygen atoms in total. The summed E-state index contributed by atoms with van der Waals surface area (Å²) in [6.07, 6.45) is 3.34. The molecule has 3 rings (SSSR count). The van der Waals surface area contributed by atoms with Gasteiger partial charge in [-0.2, -0.15) is 0 Å². The highest BCUT2D eigenvalue weighted by molar-refractivity contribution is 5.87. The SMILES string of the molecule is Cc1cccc(C(=O)O)c1.O=[N+]([O-])c1ccc(-c2ncc[nH]2)cc1. The Labute approximate surface area is 137 Å². The van der Waals surface area contributed by atoms with Crippen LogP contribution in [-0.2, 0) is 0 Å². The first-order chi connectivity index (χ1) is 11.5. The Morgan fingerprint density at radius 1 is 1.21 bits per heavy atom. The average molecular weight is 325 g/mol. The van der Waals surface area contributed by atoms with E-state index in [1.54, 1.807) is 42.7 Å². The molecule has 1 heterocycles. The predicted molar refractivity (Wildman–Crippen MR) is 88.8 cm³/mol. The van der Waals surface area contributed by atoms with Gasteiger partial charge in [-0.25, -0.2) is 9.78 Å². The van der Waals surface area contributed by atoms with Gasteiger partial charge in [-0.1, -0.05) is 17.7 Å². The Hall–Kier alpha value is -3.48. The van der Waals surface area contributed by atoms with Crippen molar-refractivity contribution in [2.45, 2.75) is 6.92 Å². The molecule has 2 aromatic carbocycles. The summed E-state index contributed by atoms with van der Waals surface area (Å²) in [5, 5.41) is 18.9. The molecule has 24 heavy (non-hydrogen) atoms. The molecule has 122 valence electrons. The number of carboxylic acids is 1. The number of non-ortho nitro benzene ring substituents is 1. The highest BCUT2D eigenvalue weighted by atomic mass is 16.6. The van der Waals surface area contributed by atoms with E-state index >= 15 is 0 Å². The molecule has 0 saturated carbocycles. The van der Waals surface area contributed by atoms with Crippen LogP contribution in [0.15, 0.2) is 60.9 Å². The Morgan fingerprint density at radius 3 is 2.38 bits per heavy atom. The van der Waals surface area contributed by atoms with Gasteiger partial charge in [-0.15, -0.1) is 0 Å². The van der Waals surface area contributed by atoms with Crippen molar-refractivity contribution in [3.05, 3.63) is 82.2 Å². The van der Waals surface area contributed by atoms with Gasteiger partial charge in [0.2, 0.25) is 0 Å². The molecular formula is C17H15N3O4. The molecule has 2 N–H and O–H groups in total. The second-order valence-corrected chi connectivity index (χ2v) is 4.92. The third-order valence-corrected chi connectivity index (χ3v) is 3.11. The Bertz CT molecular complexity index is 827. The summed E-state index contributed by atoms with van der Waals surface area (Å²) in [5.74, 6) is -0.163. The van der Waals surface area contributed by atoms with Gasteiger partial charge in [0.25, 0.3) is 5.69 Å². The number of aryl methyl sites for hydroxylation is 1. The van der Waals surface area contributed by atoms with Crippen LogP contribution in [0.3, 0.4) is 0 Å². The van der Waals surface area contributed by atoms with Crippen molar-refractivity contribution in [3.8, 4) is 11.4 Å². The third kappa shape index (κ3) is 4.51. The van der Waals surface area contributed by atoms with Crippen molar-refractivity contribution >= 4 is 11.7 Å². The number of H-pyrrole nitrogens is 1. The summed E-state index contributed by atoms with van der Waals surface area (Å²) in [6.45, 7) is 1.87. The number of hydrogen-bond acceptors (Lipinski definition) is 4. The molecular weight excluding hydrogens is 310 g/mol. The molecule has 0 amide bonds. The number of aromatic nitrogens is 2. The van der Waals surface area contributed by atoms with Gasteiger partial charge < -0.3 is 10.1 Å². The van der Waals surface area contributed by atoms with Crippen LogP contribution in [0.25, 0.3) is 11.4 Å². The van der Waals surface area contributed by atoms with Crippen LogP contribution >= 0.6 is 0 Å². The van der Waals surface area contributed by atoms with Crippen molar-refractivity contribution in [1.29, 1.82) is 0 Å². The van der Waals surface area contributed by atoms with Gasteiger partial charge in [-0.3, -0.25) is 10.1 Å². The quantitative estimate of drug-likeness (QED) is 0.564. The van der Waals surface area contributed by atoms with Gasteiger partial charge in [0.05, 0.1) is 10.5 Å². The van der Waals surface area contributed by atoms with Crippen LogP contribution in [0.5, 0.6) is 0 Å². The van der Waals surface area contributed by atoms with E-state index in [4.69, 9.17) is 5.11 Å². The predicted octanol–water partition coefficient (Wildman–Crippen LogP) is 3.68. The van der Waals surface area contributed by atoms with Crippen molar-refractivity contribution in [2.75, 3.05) is 0 Å². The molecule has 0 atom stereocenters. The minimum atomic E-state index is -0.872. The van der Waals surface area contributed by atoms with Gasteiger partial charge in [0.15, 0.2) is 0 Å². The summed E-state index contributed by atoms with van der Waals surface area (Å²) in [6, 6.07) is 13.1. The lowest BCUT2D eigenvalue weighted by atomic mass is 10.1. The van der Waals surface area contributed by atoms with Crippen LogP contribution in [0.2, 0.25) is 0 Å². The molecule has 0 unspecified atom stereocenters. The summed E-state index contributed by atoms with van der Waals surface area (Å²) < 4.78 is 0. The molecule has 1 aromatic heterocycles. The van der Waals surface area contributed by atoms with E-state index in [2.05, 4.69) is 9.97 Å². The standard InChI is InChI=1S/C9H7N3O2.C8H8O2/c13-12(14)8-3-1-7(2-4-8)9-10-5-6-11-9;1-6-3-2-4-7(5-6)8(9)10/h1-6H,(H,10,11);2-5H,1H3,(H,9,10). The van der Waals surface area contributed by atoms with Gasteiger partial charge in [0.1, 0.15) is 5.82 Å². The topological polar surface area (TPSA) is 109 Å². The number of nitrogens with zero attached hydrogens (tertiary/aromatic N) is 2. The largest absolute Gasteiger partial charge is 0.478 e. The molecule has 3 aromatic rings. The molecule has 0 radical (unpaired) electrons. The van der Waals surface area contributed by atoms with Crippen LogP contribution in [0.4, 0.5) is 5.69 Å². The van der Waals surface area contributed by atoms with E-state index in [1.165, 1.54) is 12.1 Å². The number of carbonyl (C=O) groups is 1. The van der Waals surface area contributed by atoms with Gasteiger partial charge in [-0.05, 0) is 31.2 Å². The Kier molecular flexibility index (Phi) is 5.40. The summed E-state index contributed by atoms with van der Waals surface area (Å²) in [5.41, 5.74) is 2.24. The zero-order valence-electron chi connectivity index (χ0n) is 12.8. The molecule has 0 spiro atoms. The smallest absolute Gasteiger partial charge is 0.335 e. The number of benzene rings is 2. The molecule has 0 aliphatic carbocycles. The van der Waals surface area contributed by atoms with Gasteiger partial charge >= 0.3 is 5.97 Å². The van der Waals surface area contributed by atoms with Gasteiger partial charge in [0, 0.05) is 30.1 Å². The molecule has 0 aliphatic heterocycles. The molecule has 0 saturated heterocycles. The van der Waals surface area contributed by atoms with E-state index in [0.717, 1.165) is 11.1 Å². The molecule has 0 aliphatic rings. The monoisotopic (exact) mass is 325 g/mol. The maximum atomic E-state index is 10.4. The van der Waals surface area contributed by atoms with Crippen molar-refractivity contribution in [3.63, 3.8) is 0 Å². The highest BCUT2D eigenvalue weighted by Gasteiger charge is 2.05. The average Bonchev–Trinajstić information content (AvgIpc) is 3.10. The van der Waals surface area contributed by atoms with E-state index in [-0.39, 0.29) is 5.69 Å². The first-order valence-electron chi connectivity index (χ1n) is 7.01. The fourth-order valence-corrected chi connectivity index (χ4v) is 1.94. The number of rotatable bonds is 3. The fourth-order valence-electron chi connectivity index (χ4n) is 1.94. The maximum Gasteiger partial charge on any atom is 0.335 e. The summed E-state index contributed by atoms with van der Waals surface area (Å²) in [4.78, 5) is 27.3. The normalized spacial score (nSPS) is 9.71. The fraction of sp³-hybridized carbons (Fsp3) is 0.0588. The van der Waals surface area contributed by atoms with Crippen molar-refractivity contribution in [1.82, 2.24) is 9.97 Å². The van der Waals surface area contributed by atoms with E-state index in [1.807, 2.05) is 13.0 Å². The lowest BCUT2D eigenvalue weighted by molar-refractivity contribution is -0.384. The maximum absolute atomic E-state index is 10.4. The zero-order chi connectivity index (χ0) is 17.5. The number of nitro groups is 1. The minimum absolute atomic E-state index is 0.0836. The van der Waals surface area contributed by atoms with E-state index < -0.39 is 10.9 Å². The first kappa shape index (κ1) is 16.9. The second kappa shape index (κ2) is 7.68. The third-order valence-electron chi connectivity index (χ3n) is 3.11. The number of nitrogens with one attached hydrogen (secondary N) is 1. The summed E-state index contributed by atoms with van der Waals surface area (Å²) in [7, 11) is 0. The van der Waals surface area contributed by atoms with E-state index in [9.17, 15) is 14.9 Å². The molecule has 0 bridgehead atoms. The van der Waals surface area contributed by atoms with E-state index in [0.29, 0.717) is 11.4 Å². The van der Waals surface area contributed by atoms with Crippen LogP contribution in [0, 0.1) is 17.0 Å². The molecule has 0 fully saturated rings. The number of aromatic amines is 1. The Morgan fingerprint density at radius 2 is 1.92 bits per heavy atom. The Balaban J connectivity index is 0.000000185. The number of hydrogen-bond donors (Lipinski definition) is 2. The first-order valence-corrected chi connectivity index (χ1v) is 7.01. The highest BCUT2D eigenvalue weighted by Crippen LogP contribution is 2.18. The zero-order valence-corrected chi connectivity index (χ0v) is 12.8. The minimum Gasteiger partial charge on any atom is -0.478 e. The number of aromatic carboxylic acids is 1. The number of imidazole rings is 1. The van der Waals surface area contributed by atoms with Crippen LogP contribution in [-0.4, -0.2) is 26.0 Å².